The Bertz CT molecular complexity index is 880. The van der Waals surface area contributed by atoms with E-state index in [0.717, 1.165) is 11.5 Å². The zero-order valence-corrected chi connectivity index (χ0v) is 12.7. The second-order valence-corrected chi connectivity index (χ2v) is 5.00. The van der Waals surface area contributed by atoms with Gasteiger partial charge in [-0.3, -0.25) is 4.79 Å². The standard InChI is InChI=1S/C18H13FO5/c1-22-16-7-6-12(8-13(16)19)18(21)23-10-14(20)17-9-11-4-2-3-5-15(11)24-17/h2-9H,10H2,1H3. The molecule has 0 aliphatic heterocycles. The maximum absolute atomic E-state index is 13.6. The fourth-order valence-electron chi connectivity index (χ4n) is 2.20. The van der Waals surface area contributed by atoms with Gasteiger partial charge in [0.15, 0.2) is 23.9 Å². The molecule has 0 aliphatic rings. The molecule has 0 N–H and O–H groups in total. The number of halogens is 1. The van der Waals surface area contributed by atoms with E-state index in [1.165, 1.54) is 19.2 Å². The lowest BCUT2D eigenvalue weighted by molar-refractivity contribution is 0.0468. The van der Waals surface area contributed by atoms with Gasteiger partial charge in [-0.15, -0.1) is 0 Å². The molecular weight excluding hydrogens is 315 g/mol. The van der Waals surface area contributed by atoms with Crippen molar-refractivity contribution in [3.8, 4) is 5.75 Å². The van der Waals surface area contributed by atoms with Crippen LogP contribution in [0.25, 0.3) is 11.0 Å². The summed E-state index contributed by atoms with van der Waals surface area (Å²) in [5.41, 5.74) is 0.565. The van der Waals surface area contributed by atoms with Gasteiger partial charge >= 0.3 is 5.97 Å². The lowest BCUT2D eigenvalue weighted by Crippen LogP contribution is -2.14. The van der Waals surface area contributed by atoms with Gasteiger partial charge < -0.3 is 13.9 Å². The van der Waals surface area contributed by atoms with Crippen molar-refractivity contribution in [3.05, 3.63) is 65.7 Å². The number of furan rings is 1. The van der Waals surface area contributed by atoms with E-state index < -0.39 is 24.2 Å². The summed E-state index contributed by atoms with van der Waals surface area (Å²) in [4.78, 5) is 23.9. The average Bonchev–Trinajstić information content (AvgIpc) is 3.03. The predicted molar refractivity (Wildman–Crippen MR) is 83.8 cm³/mol. The van der Waals surface area contributed by atoms with Crippen molar-refractivity contribution in [1.29, 1.82) is 0 Å². The topological polar surface area (TPSA) is 65.7 Å². The number of ketones is 1. The van der Waals surface area contributed by atoms with Crippen molar-refractivity contribution in [2.24, 2.45) is 0 Å². The molecule has 0 unspecified atom stereocenters. The number of esters is 1. The van der Waals surface area contributed by atoms with E-state index >= 15 is 0 Å². The molecule has 0 atom stereocenters. The summed E-state index contributed by atoms with van der Waals surface area (Å²) in [6, 6.07) is 12.4. The van der Waals surface area contributed by atoms with Crippen LogP contribution in [0.5, 0.6) is 5.75 Å². The summed E-state index contributed by atoms with van der Waals surface area (Å²) in [6.07, 6.45) is 0. The number of benzene rings is 2. The highest BCUT2D eigenvalue weighted by molar-refractivity contribution is 6.00. The van der Waals surface area contributed by atoms with Gasteiger partial charge in [0.25, 0.3) is 0 Å². The summed E-state index contributed by atoms with van der Waals surface area (Å²) >= 11 is 0. The maximum atomic E-state index is 13.6. The molecule has 0 amide bonds. The Morgan fingerprint density at radius 2 is 1.92 bits per heavy atom. The number of hydrogen-bond donors (Lipinski definition) is 0. The van der Waals surface area contributed by atoms with E-state index in [2.05, 4.69) is 0 Å². The van der Waals surface area contributed by atoms with E-state index in [4.69, 9.17) is 13.9 Å². The molecule has 1 heterocycles. The summed E-state index contributed by atoms with van der Waals surface area (Å²) < 4.78 is 28.7. The van der Waals surface area contributed by atoms with E-state index in [9.17, 15) is 14.0 Å². The molecule has 0 radical (unpaired) electrons. The van der Waals surface area contributed by atoms with Gasteiger partial charge in [-0.25, -0.2) is 9.18 Å². The highest BCUT2D eigenvalue weighted by Crippen LogP contribution is 2.20. The molecule has 0 saturated carbocycles. The fourth-order valence-corrected chi connectivity index (χ4v) is 2.20. The number of para-hydroxylation sites is 1. The molecule has 0 aliphatic carbocycles. The van der Waals surface area contributed by atoms with E-state index in [-0.39, 0.29) is 17.1 Å². The van der Waals surface area contributed by atoms with Crippen LogP contribution in [0.2, 0.25) is 0 Å². The number of ether oxygens (including phenoxy) is 2. The molecular formula is C18H13FO5. The molecule has 122 valence electrons. The van der Waals surface area contributed by atoms with Gasteiger partial charge in [-0.1, -0.05) is 18.2 Å². The largest absolute Gasteiger partial charge is 0.494 e. The third-order valence-electron chi connectivity index (χ3n) is 3.42. The number of carbonyl (C=O) groups excluding carboxylic acids is 2. The molecule has 0 spiro atoms. The van der Waals surface area contributed by atoms with Gasteiger partial charge in [-0.2, -0.15) is 0 Å². The van der Waals surface area contributed by atoms with Crippen molar-refractivity contribution in [1.82, 2.24) is 0 Å². The van der Waals surface area contributed by atoms with E-state index in [1.807, 2.05) is 12.1 Å². The van der Waals surface area contributed by atoms with Crippen LogP contribution in [0.15, 0.2) is 52.9 Å². The summed E-state index contributed by atoms with van der Waals surface area (Å²) in [6.45, 7) is -0.494. The van der Waals surface area contributed by atoms with E-state index in [0.29, 0.717) is 5.58 Å². The van der Waals surface area contributed by atoms with Crippen LogP contribution in [-0.4, -0.2) is 25.5 Å². The Morgan fingerprint density at radius 3 is 2.62 bits per heavy atom. The molecule has 3 rings (SSSR count). The lowest BCUT2D eigenvalue weighted by atomic mass is 10.2. The third kappa shape index (κ3) is 3.12. The highest BCUT2D eigenvalue weighted by Gasteiger charge is 2.16. The second kappa shape index (κ2) is 6.54. The summed E-state index contributed by atoms with van der Waals surface area (Å²) in [5, 5.41) is 0.782. The third-order valence-corrected chi connectivity index (χ3v) is 3.42. The first-order chi connectivity index (χ1) is 11.6. The van der Waals surface area contributed by atoms with Gasteiger partial charge in [0, 0.05) is 5.39 Å². The first kappa shape index (κ1) is 15.7. The van der Waals surface area contributed by atoms with Gasteiger partial charge in [0.05, 0.1) is 12.7 Å². The molecule has 5 nitrogen and oxygen atoms in total. The molecule has 0 bridgehead atoms. The van der Waals surface area contributed by atoms with Crippen molar-refractivity contribution in [2.75, 3.05) is 13.7 Å². The zero-order chi connectivity index (χ0) is 17.1. The van der Waals surface area contributed by atoms with Gasteiger partial charge in [-0.05, 0) is 30.3 Å². The number of fused-ring (bicyclic) bond motifs is 1. The normalized spacial score (nSPS) is 10.6. The first-order valence-corrected chi connectivity index (χ1v) is 7.11. The Morgan fingerprint density at radius 1 is 1.12 bits per heavy atom. The molecule has 3 aromatic rings. The Kier molecular flexibility index (Phi) is 4.29. The van der Waals surface area contributed by atoms with Crippen molar-refractivity contribution in [3.63, 3.8) is 0 Å². The molecule has 24 heavy (non-hydrogen) atoms. The molecule has 1 aromatic heterocycles. The van der Waals surface area contributed by atoms with E-state index in [1.54, 1.807) is 18.2 Å². The first-order valence-electron chi connectivity index (χ1n) is 7.11. The van der Waals surface area contributed by atoms with Gasteiger partial charge in [0.1, 0.15) is 5.58 Å². The summed E-state index contributed by atoms with van der Waals surface area (Å²) in [7, 11) is 1.32. The zero-order valence-electron chi connectivity index (χ0n) is 12.7. The minimum absolute atomic E-state index is 0.00861. The van der Waals surface area contributed by atoms with Crippen LogP contribution in [0.4, 0.5) is 4.39 Å². The Labute approximate surface area is 136 Å². The second-order valence-electron chi connectivity index (χ2n) is 5.00. The van der Waals surface area contributed by atoms with Crippen LogP contribution in [0, 0.1) is 5.82 Å². The molecule has 0 fully saturated rings. The SMILES string of the molecule is COc1ccc(C(=O)OCC(=O)c2cc3ccccc3o2)cc1F. The molecule has 2 aromatic carbocycles. The average molecular weight is 328 g/mol. The van der Waals surface area contributed by atoms with Crippen molar-refractivity contribution < 1.29 is 27.9 Å². The van der Waals surface area contributed by atoms with Crippen LogP contribution in [-0.2, 0) is 4.74 Å². The lowest BCUT2D eigenvalue weighted by Gasteiger charge is -2.05. The minimum atomic E-state index is -0.805. The number of Topliss-reactive ketones (excluding diaryl/α,β-unsaturated/α-hetero) is 1. The van der Waals surface area contributed by atoms with Crippen LogP contribution < -0.4 is 4.74 Å². The maximum Gasteiger partial charge on any atom is 0.338 e. The van der Waals surface area contributed by atoms with Crippen molar-refractivity contribution >= 4 is 22.7 Å². The monoisotopic (exact) mass is 328 g/mol. The molecule has 6 heteroatoms. The van der Waals surface area contributed by atoms with Crippen LogP contribution in [0.3, 0.4) is 0 Å². The quantitative estimate of drug-likeness (QED) is 0.529. The molecule has 0 saturated heterocycles. The number of methoxy groups -OCH3 is 1. The smallest absolute Gasteiger partial charge is 0.338 e. The minimum Gasteiger partial charge on any atom is -0.494 e. The number of carbonyl (C=O) groups is 2. The summed E-state index contributed by atoms with van der Waals surface area (Å²) in [5.74, 6) is -1.85. The number of rotatable bonds is 5. The highest BCUT2D eigenvalue weighted by atomic mass is 19.1. The van der Waals surface area contributed by atoms with Crippen LogP contribution >= 0.6 is 0 Å². The number of hydrogen-bond acceptors (Lipinski definition) is 5. The predicted octanol–water partition coefficient (Wildman–Crippen LogP) is 3.62. The Balaban J connectivity index is 1.67. The Hall–Kier alpha value is -3.15. The van der Waals surface area contributed by atoms with Gasteiger partial charge in [0.2, 0.25) is 5.78 Å². The fraction of sp³-hybridized carbons (Fsp3) is 0.111. The van der Waals surface area contributed by atoms with Crippen molar-refractivity contribution in [2.45, 2.75) is 0 Å². The van der Waals surface area contributed by atoms with Crippen LogP contribution in [0.1, 0.15) is 20.9 Å².